The number of non-ortho nitro benzene ring substituents is 1. The van der Waals surface area contributed by atoms with Gasteiger partial charge in [-0.1, -0.05) is 0 Å². The Morgan fingerprint density at radius 1 is 1.43 bits per heavy atom. The zero-order valence-electron chi connectivity index (χ0n) is 12.4. The molecule has 0 spiro atoms. The summed E-state index contributed by atoms with van der Waals surface area (Å²) in [5.41, 5.74) is 1.97. The predicted octanol–water partition coefficient (Wildman–Crippen LogP) is 2.73. The molecule has 0 radical (unpaired) electrons. The van der Waals surface area contributed by atoms with Crippen LogP contribution in [0.15, 0.2) is 36.5 Å². The van der Waals surface area contributed by atoms with Crippen LogP contribution in [0.1, 0.15) is 24.2 Å². The summed E-state index contributed by atoms with van der Waals surface area (Å²) in [5, 5.41) is 14.1. The highest BCUT2D eigenvalue weighted by molar-refractivity contribution is 5.44. The first-order valence-electron chi connectivity index (χ1n) is 6.70. The number of hydrogen-bond donors (Lipinski definition) is 1. The third kappa shape index (κ3) is 3.22. The molecule has 0 fully saturated rings. The number of hydrogen-bond acceptors (Lipinski definition) is 4. The van der Waals surface area contributed by atoms with Crippen molar-refractivity contribution in [2.24, 2.45) is 0 Å². The Kier molecular flexibility index (Phi) is 4.59. The second kappa shape index (κ2) is 6.41. The molecular formula is C15H19N3O3. The largest absolute Gasteiger partial charge is 0.496 e. The van der Waals surface area contributed by atoms with Gasteiger partial charge in [0.2, 0.25) is 0 Å². The number of nitrogens with zero attached hydrogens (tertiary/aromatic N) is 2. The molecule has 0 aliphatic heterocycles. The molecule has 1 heterocycles. The zero-order valence-corrected chi connectivity index (χ0v) is 12.4. The van der Waals surface area contributed by atoms with Gasteiger partial charge in [0.15, 0.2) is 0 Å². The van der Waals surface area contributed by atoms with Gasteiger partial charge in [-0.15, -0.1) is 0 Å². The van der Waals surface area contributed by atoms with Crippen molar-refractivity contribution in [1.82, 2.24) is 9.88 Å². The molecule has 0 aliphatic rings. The van der Waals surface area contributed by atoms with Crippen molar-refractivity contribution in [1.29, 1.82) is 0 Å². The summed E-state index contributed by atoms with van der Waals surface area (Å²) in [6.07, 6.45) is 1.96. The number of methoxy groups -OCH3 is 1. The summed E-state index contributed by atoms with van der Waals surface area (Å²) < 4.78 is 7.36. The maximum Gasteiger partial charge on any atom is 0.270 e. The normalized spacial score (nSPS) is 12.1. The summed E-state index contributed by atoms with van der Waals surface area (Å²) in [4.78, 5) is 10.5. The van der Waals surface area contributed by atoms with Crippen molar-refractivity contribution >= 4 is 5.69 Å². The topological polar surface area (TPSA) is 69.3 Å². The van der Waals surface area contributed by atoms with Crippen LogP contribution < -0.4 is 10.1 Å². The van der Waals surface area contributed by atoms with Crippen LogP contribution in [0.5, 0.6) is 5.75 Å². The van der Waals surface area contributed by atoms with Gasteiger partial charge in [0, 0.05) is 35.6 Å². The van der Waals surface area contributed by atoms with Crippen LogP contribution in [0.4, 0.5) is 5.69 Å². The molecular weight excluding hydrogens is 270 g/mol. The Bertz CT molecular complexity index is 637. The number of ether oxygens (including phenoxy) is 1. The molecule has 0 aliphatic carbocycles. The highest BCUT2D eigenvalue weighted by Gasteiger charge is 2.14. The highest BCUT2D eigenvalue weighted by atomic mass is 16.6. The van der Waals surface area contributed by atoms with Crippen molar-refractivity contribution in [3.63, 3.8) is 0 Å². The van der Waals surface area contributed by atoms with E-state index >= 15 is 0 Å². The number of nitro benzene ring substituents is 1. The minimum absolute atomic E-state index is 0.0705. The lowest BCUT2D eigenvalue weighted by Gasteiger charge is -2.16. The van der Waals surface area contributed by atoms with Crippen molar-refractivity contribution in [3.05, 3.63) is 57.9 Å². The second-order valence-electron chi connectivity index (χ2n) is 4.82. The fraction of sp³-hybridized carbons (Fsp3) is 0.333. The van der Waals surface area contributed by atoms with E-state index in [1.54, 1.807) is 19.2 Å². The van der Waals surface area contributed by atoms with E-state index in [1.807, 2.05) is 25.4 Å². The van der Waals surface area contributed by atoms with Gasteiger partial charge in [-0.2, -0.15) is 0 Å². The fourth-order valence-corrected chi connectivity index (χ4v) is 2.30. The lowest BCUT2D eigenvalue weighted by Crippen LogP contribution is -2.17. The fourth-order valence-electron chi connectivity index (χ4n) is 2.30. The van der Waals surface area contributed by atoms with Crippen LogP contribution >= 0.6 is 0 Å². The minimum atomic E-state index is -0.393. The van der Waals surface area contributed by atoms with E-state index < -0.39 is 4.92 Å². The van der Waals surface area contributed by atoms with Crippen LogP contribution in [0, 0.1) is 10.1 Å². The van der Waals surface area contributed by atoms with E-state index in [1.165, 1.54) is 6.07 Å². The molecule has 0 saturated carbocycles. The van der Waals surface area contributed by atoms with E-state index in [-0.39, 0.29) is 11.7 Å². The van der Waals surface area contributed by atoms with Gasteiger partial charge in [0.25, 0.3) is 5.69 Å². The van der Waals surface area contributed by atoms with Crippen molar-refractivity contribution in [2.75, 3.05) is 14.2 Å². The SMILES string of the molecule is CNC(C)c1cccn1Cc1cc([N+](=O)[O-])ccc1OC. The monoisotopic (exact) mass is 289 g/mol. The number of benzene rings is 1. The van der Waals surface area contributed by atoms with E-state index in [2.05, 4.69) is 16.8 Å². The van der Waals surface area contributed by atoms with Gasteiger partial charge in [-0.05, 0) is 32.2 Å². The molecule has 0 saturated heterocycles. The van der Waals surface area contributed by atoms with Crippen molar-refractivity contribution in [2.45, 2.75) is 19.5 Å². The summed E-state index contributed by atoms with van der Waals surface area (Å²) in [6.45, 7) is 2.59. The van der Waals surface area contributed by atoms with Gasteiger partial charge >= 0.3 is 0 Å². The van der Waals surface area contributed by atoms with E-state index in [9.17, 15) is 10.1 Å². The molecule has 21 heavy (non-hydrogen) atoms. The summed E-state index contributed by atoms with van der Waals surface area (Å²) in [5.74, 6) is 0.650. The molecule has 1 aromatic heterocycles. The Morgan fingerprint density at radius 3 is 2.81 bits per heavy atom. The molecule has 1 N–H and O–H groups in total. The third-order valence-electron chi connectivity index (χ3n) is 3.56. The second-order valence-corrected chi connectivity index (χ2v) is 4.82. The first-order chi connectivity index (χ1) is 10.1. The maximum atomic E-state index is 10.9. The smallest absolute Gasteiger partial charge is 0.270 e. The molecule has 0 amide bonds. The first-order valence-corrected chi connectivity index (χ1v) is 6.70. The van der Waals surface area contributed by atoms with Crippen LogP contribution in [0.3, 0.4) is 0 Å². The molecule has 0 bridgehead atoms. The first kappa shape index (κ1) is 15.1. The lowest BCUT2D eigenvalue weighted by atomic mass is 10.1. The number of rotatable bonds is 6. The van der Waals surface area contributed by atoms with Crippen LogP contribution in [0.25, 0.3) is 0 Å². The van der Waals surface area contributed by atoms with Crippen molar-refractivity contribution in [3.8, 4) is 5.75 Å². The molecule has 112 valence electrons. The lowest BCUT2D eigenvalue weighted by molar-refractivity contribution is -0.384. The van der Waals surface area contributed by atoms with Gasteiger partial charge < -0.3 is 14.6 Å². The Hall–Kier alpha value is -2.34. The highest BCUT2D eigenvalue weighted by Crippen LogP contribution is 2.26. The summed E-state index contributed by atoms with van der Waals surface area (Å²) >= 11 is 0. The number of nitro groups is 1. The van der Waals surface area contributed by atoms with Gasteiger partial charge in [-0.25, -0.2) is 0 Å². The molecule has 1 aromatic carbocycles. The third-order valence-corrected chi connectivity index (χ3v) is 3.56. The van der Waals surface area contributed by atoms with Gasteiger partial charge in [-0.3, -0.25) is 10.1 Å². The van der Waals surface area contributed by atoms with Gasteiger partial charge in [0.05, 0.1) is 18.6 Å². The average molecular weight is 289 g/mol. The molecule has 2 aromatic rings. The van der Waals surface area contributed by atoms with E-state index in [0.29, 0.717) is 12.3 Å². The quantitative estimate of drug-likeness (QED) is 0.655. The zero-order chi connectivity index (χ0) is 15.4. The van der Waals surface area contributed by atoms with Gasteiger partial charge in [0.1, 0.15) is 5.75 Å². The molecule has 1 atom stereocenters. The van der Waals surface area contributed by atoms with Crippen LogP contribution in [-0.4, -0.2) is 23.6 Å². The minimum Gasteiger partial charge on any atom is -0.496 e. The van der Waals surface area contributed by atoms with E-state index in [4.69, 9.17) is 4.74 Å². The standard InChI is InChI=1S/C15H19N3O3/c1-11(16-2)14-5-4-8-17(14)10-12-9-13(18(19)20)6-7-15(12)21-3/h4-9,11,16H,10H2,1-3H3. The van der Waals surface area contributed by atoms with Crippen LogP contribution in [-0.2, 0) is 6.54 Å². The predicted molar refractivity (Wildman–Crippen MR) is 80.7 cm³/mol. The molecule has 6 nitrogen and oxygen atoms in total. The van der Waals surface area contributed by atoms with Crippen molar-refractivity contribution < 1.29 is 9.66 Å². The summed E-state index contributed by atoms with van der Waals surface area (Å²) in [7, 11) is 3.47. The Balaban J connectivity index is 2.36. The molecule has 6 heteroatoms. The Labute approximate surface area is 123 Å². The average Bonchev–Trinajstić information content (AvgIpc) is 2.94. The Morgan fingerprint density at radius 2 is 2.19 bits per heavy atom. The van der Waals surface area contributed by atoms with E-state index in [0.717, 1.165) is 11.3 Å². The summed E-state index contributed by atoms with van der Waals surface area (Å²) in [6, 6.07) is 8.85. The number of aromatic nitrogens is 1. The van der Waals surface area contributed by atoms with Crippen LogP contribution in [0.2, 0.25) is 0 Å². The molecule has 1 unspecified atom stereocenters. The molecule has 2 rings (SSSR count). The number of nitrogens with one attached hydrogen (secondary N) is 1. The maximum absolute atomic E-state index is 10.9.